The number of nitrogens with zero attached hydrogens (tertiary/aromatic N) is 1. The van der Waals surface area contributed by atoms with Crippen molar-refractivity contribution in [3.05, 3.63) is 35.5 Å². The number of morpholine rings is 1. The van der Waals surface area contributed by atoms with Crippen LogP contribution in [0.4, 0.5) is 13.2 Å². The molecule has 1 aliphatic rings. The maximum absolute atomic E-state index is 12.7. The van der Waals surface area contributed by atoms with Gasteiger partial charge in [-0.25, -0.2) is 0 Å². The van der Waals surface area contributed by atoms with E-state index in [9.17, 15) is 18.0 Å². The molecule has 25 heavy (non-hydrogen) atoms. The van der Waals surface area contributed by atoms with Crippen LogP contribution in [-0.4, -0.2) is 52.8 Å². The molecule has 0 amide bonds. The first-order chi connectivity index (χ1) is 11.8. The second kappa shape index (κ2) is 6.64. The standard InChI is InChI=1S/C16H16F3N3O2S/c17-16(18,19)14(23)9-1-2-13-12(6-9)10(7-21-13)5-11-8-24-4-3-22(11)15(20)25/h1-2,6-7,11,21H,3-5,8H2,(H2,20,25)/t11-/m0/s1. The number of aromatic nitrogens is 1. The van der Waals surface area contributed by atoms with Crippen molar-refractivity contribution < 1.29 is 22.7 Å². The molecule has 1 aromatic heterocycles. The van der Waals surface area contributed by atoms with E-state index in [1.807, 2.05) is 4.90 Å². The molecular formula is C16H16F3N3O2S. The maximum atomic E-state index is 12.7. The Morgan fingerprint density at radius 1 is 1.44 bits per heavy atom. The Kier molecular flexibility index (Phi) is 4.70. The maximum Gasteiger partial charge on any atom is 0.454 e. The average Bonchev–Trinajstić information content (AvgIpc) is 2.96. The first-order valence-corrected chi connectivity index (χ1v) is 8.03. The summed E-state index contributed by atoms with van der Waals surface area (Å²) in [5, 5.41) is 0.838. The normalized spacial score (nSPS) is 18.5. The van der Waals surface area contributed by atoms with Gasteiger partial charge in [-0.05, 0) is 42.4 Å². The number of ether oxygens (including phenoxy) is 1. The number of benzene rings is 1. The van der Waals surface area contributed by atoms with Crippen molar-refractivity contribution in [1.82, 2.24) is 9.88 Å². The molecule has 1 atom stereocenters. The summed E-state index contributed by atoms with van der Waals surface area (Å²) in [6.07, 6.45) is -2.69. The third-order valence-electron chi connectivity index (χ3n) is 4.25. The highest BCUT2D eigenvalue weighted by Crippen LogP contribution is 2.27. The number of hydrogen-bond donors (Lipinski definition) is 2. The number of halogens is 3. The van der Waals surface area contributed by atoms with E-state index >= 15 is 0 Å². The highest BCUT2D eigenvalue weighted by Gasteiger charge is 2.39. The molecule has 3 N–H and O–H groups in total. The Morgan fingerprint density at radius 2 is 2.20 bits per heavy atom. The monoisotopic (exact) mass is 371 g/mol. The molecule has 0 unspecified atom stereocenters. The van der Waals surface area contributed by atoms with Crippen LogP contribution in [0.1, 0.15) is 15.9 Å². The van der Waals surface area contributed by atoms with Gasteiger partial charge in [-0.3, -0.25) is 4.79 Å². The average molecular weight is 371 g/mol. The van der Waals surface area contributed by atoms with E-state index in [2.05, 4.69) is 4.98 Å². The number of hydrogen-bond acceptors (Lipinski definition) is 3. The fourth-order valence-corrected chi connectivity index (χ4v) is 3.26. The molecule has 0 spiro atoms. The van der Waals surface area contributed by atoms with E-state index in [1.54, 1.807) is 6.20 Å². The largest absolute Gasteiger partial charge is 0.454 e. The highest BCUT2D eigenvalue weighted by molar-refractivity contribution is 7.80. The minimum Gasteiger partial charge on any atom is -0.377 e. The zero-order chi connectivity index (χ0) is 18.2. The van der Waals surface area contributed by atoms with Crippen LogP contribution < -0.4 is 5.73 Å². The molecule has 0 aliphatic carbocycles. The summed E-state index contributed by atoms with van der Waals surface area (Å²) < 4.78 is 43.5. The van der Waals surface area contributed by atoms with E-state index in [-0.39, 0.29) is 16.7 Å². The third-order valence-corrected chi connectivity index (χ3v) is 4.49. The molecule has 9 heteroatoms. The van der Waals surface area contributed by atoms with Gasteiger partial charge in [-0.2, -0.15) is 13.2 Å². The number of nitrogens with two attached hydrogens (primary N) is 1. The van der Waals surface area contributed by atoms with E-state index < -0.39 is 12.0 Å². The fourth-order valence-electron chi connectivity index (χ4n) is 3.02. The number of thiocarbonyl (C=S) groups is 1. The minimum atomic E-state index is -4.90. The van der Waals surface area contributed by atoms with Gasteiger partial charge in [0, 0.05) is 29.2 Å². The number of H-pyrrole nitrogens is 1. The van der Waals surface area contributed by atoms with Gasteiger partial charge < -0.3 is 20.4 Å². The number of fused-ring (bicyclic) bond motifs is 1. The lowest BCUT2D eigenvalue weighted by molar-refractivity contribution is -0.0885. The molecule has 1 fully saturated rings. The Labute approximate surface area is 146 Å². The van der Waals surface area contributed by atoms with Crippen LogP contribution in [0.5, 0.6) is 0 Å². The van der Waals surface area contributed by atoms with Crippen LogP contribution in [-0.2, 0) is 11.2 Å². The van der Waals surface area contributed by atoms with Crippen molar-refractivity contribution in [2.24, 2.45) is 5.73 Å². The zero-order valence-electron chi connectivity index (χ0n) is 13.1. The van der Waals surface area contributed by atoms with Gasteiger partial charge in [0.25, 0.3) is 5.78 Å². The number of alkyl halides is 3. The Bertz CT molecular complexity index is 819. The summed E-state index contributed by atoms with van der Waals surface area (Å²) in [7, 11) is 0. The smallest absolute Gasteiger partial charge is 0.377 e. The van der Waals surface area contributed by atoms with Crippen molar-refractivity contribution in [3.8, 4) is 0 Å². The second-order valence-corrected chi connectivity index (χ2v) is 6.28. The van der Waals surface area contributed by atoms with Crippen LogP contribution in [0, 0.1) is 0 Å². The summed E-state index contributed by atoms with van der Waals surface area (Å²) in [5.74, 6) is -1.85. The van der Waals surface area contributed by atoms with Crippen LogP contribution in [0.25, 0.3) is 10.9 Å². The number of carbonyl (C=O) groups is 1. The number of carbonyl (C=O) groups excluding carboxylic acids is 1. The Hall–Kier alpha value is -2.13. The number of ketones is 1. The number of Topliss-reactive ketones (excluding diaryl/α,β-unsaturated/α-hetero) is 1. The summed E-state index contributed by atoms with van der Waals surface area (Å²) in [4.78, 5) is 16.3. The number of rotatable bonds is 3. The summed E-state index contributed by atoms with van der Waals surface area (Å²) in [6.45, 7) is 1.51. The Balaban J connectivity index is 1.91. The van der Waals surface area contributed by atoms with Crippen LogP contribution in [0.3, 0.4) is 0 Å². The summed E-state index contributed by atoms with van der Waals surface area (Å²) in [6, 6.07) is 3.81. The molecule has 134 valence electrons. The first kappa shape index (κ1) is 17.7. The highest BCUT2D eigenvalue weighted by atomic mass is 32.1. The third kappa shape index (κ3) is 3.62. The fraction of sp³-hybridized carbons (Fsp3) is 0.375. The van der Waals surface area contributed by atoms with E-state index in [0.717, 1.165) is 5.56 Å². The molecule has 5 nitrogen and oxygen atoms in total. The van der Waals surface area contributed by atoms with Gasteiger partial charge in [-0.15, -0.1) is 0 Å². The van der Waals surface area contributed by atoms with Crippen molar-refractivity contribution in [3.63, 3.8) is 0 Å². The SMILES string of the molecule is NC(=S)N1CCOC[C@@H]1Cc1c[nH]c2ccc(C(=O)C(F)(F)F)cc12. The lowest BCUT2D eigenvalue weighted by Crippen LogP contribution is -2.51. The molecule has 0 radical (unpaired) electrons. The first-order valence-electron chi connectivity index (χ1n) is 7.62. The van der Waals surface area contributed by atoms with E-state index in [0.29, 0.717) is 37.1 Å². The molecule has 2 aromatic rings. The Morgan fingerprint density at radius 3 is 2.88 bits per heavy atom. The van der Waals surface area contributed by atoms with Gasteiger partial charge in [0.15, 0.2) is 5.11 Å². The van der Waals surface area contributed by atoms with Crippen molar-refractivity contribution in [2.45, 2.75) is 18.6 Å². The lowest BCUT2D eigenvalue weighted by Gasteiger charge is -2.36. The minimum absolute atomic E-state index is 0.104. The van der Waals surface area contributed by atoms with Gasteiger partial charge >= 0.3 is 6.18 Å². The predicted octanol–water partition coefficient (Wildman–Crippen LogP) is 2.40. The van der Waals surface area contributed by atoms with E-state index in [4.69, 9.17) is 22.7 Å². The molecule has 0 saturated carbocycles. The molecule has 2 heterocycles. The van der Waals surface area contributed by atoms with Crippen molar-refractivity contribution in [1.29, 1.82) is 0 Å². The topological polar surface area (TPSA) is 71.3 Å². The number of nitrogens with one attached hydrogen (secondary N) is 1. The van der Waals surface area contributed by atoms with Crippen LogP contribution in [0.15, 0.2) is 24.4 Å². The van der Waals surface area contributed by atoms with Crippen molar-refractivity contribution in [2.75, 3.05) is 19.8 Å². The zero-order valence-corrected chi connectivity index (χ0v) is 13.9. The lowest BCUT2D eigenvalue weighted by atomic mass is 10.0. The predicted molar refractivity (Wildman–Crippen MR) is 90.5 cm³/mol. The second-order valence-electron chi connectivity index (χ2n) is 5.87. The number of aromatic amines is 1. The molecule has 0 bridgehead atoms. The van der Waals surface area contributed by atoms with Crippen LogP contribution in [0.2, 0.25) is 0 Å². The molecule has 1 aliphatic heterocycles. The van der Waals surface area contributed by atoms with Gasteiger partial charge in [0.05, 0.1) is 19.3 Å². The molecule has 3 rings (SSSR count). The van der Waals surface area contributed by atoms with E-state index in [1.165, 1.54) is 18.2 Å². The molecule has 1 saturated heterocycles. The summed E-state index contributed by atoms with van der Waals surface area (Å²) in [5.41, 5.74) is 6.79. The quantitative estimate of drug-likeness (QED) is 0.640. The molecular weight excluding hydrogens is 355 g/mol. The van der Waals surface area contributed by atoms with Gasteiger partial charge in [0.1, 0.15) is 0 Å². The van der Waals surface area contributed by atoms with Crippen LogP contribution >= 0.6 is 12.2 Å². The van der Waals surface area contributed by atoms with Gasteiger partial charge in [-0.1, -0.05) is 0 Å². The summed E-state index contributed by atoms with van der Waals surface area (Å²) >= 11 is 5.05. The van der Waals surface area contributed by atoms with Gasteiger partial charge in [0.2, 0.25) is 0 Å². The van der Waals surface area contributed by atoms with Crippen molar-refractivity contribution >= 4 is 34.0 Å². The molecule has 1 aromatic carbocycles.